The third-order valence-electron chi connectivity index (χ3n) is 2.71. The number of hydrogen-bond donors (Lipinski definition) is 1. The van der Waals surface area contributed by atoms with Crippen LogP contribution in [0.1, 0.15) is 23.7 Å². The Hall–Kier alpha value is -1.82. The van der Waals surface area contributed by atoms with E-state index in [0.29, 0.717) is 12.4 Å². The molecule has 20 heavy (non-hydrogen) atoms. The first-order chi connectivity index (χ1) is 9.36. The van der Waals surface area contributed by atoms with Gasteiger partial charge >= 0.3 is 5.97 Å². The van der Waals surface area contributed by atoms with E-state index in [1.54, 1.807) is 19.0 Å². The van der Waals surface area contributed by atoms with Gasteiger partial charge in [-0.1, -0.05) is 18.5 Å². The number of nitrogens with zero attached hydrogens (tertiary/aromatic N) is 3. The second-order valence-electron chi connectivity index (χ2n) is 4.54. The molecule has 1 rings (SSSR count). The van der Waals surface area contributed by atoms with Gasteiger partial charge in [0.25, 0.3) is 0 Å². The molecule has 0 aliphatic carbocycles. The topological polar surface area (TPSA) is 73.7 Å². The minimum atomic E-state index is -1.12. The third kappa shape index (κ3) is 4.09. The number of carboxylic acids is 1. The fourth-order valence-corrected chi connectivity index (χ4v) is 1.80. The Morgan fingerprint density at radius 3 is 2.55 bits per heavy atom. The zero-order valence-corrected chi connectivity index (χ0v) is 12.5. The van der Waals surface area contributed by atoms with Crippen molar-refractivity contribution in [1.82, 2.24) is 9.88 Å². The predicted octanol–water partition coefficient (Wildman–Crippen LogP) is 1.74. The summed E-state index contributed by atoms with van der Waals surface area (Å²) in [6.07, 6.45) is 2.11. The number of pyridine rings is 1. The summed E-state index contributed by atoms with van der Waals surface area (Å²) in [5.74, 6) is -0.759. The summed E-state index contributed by atoms with van der Waals surface area (Å²) in [4.78, 5) is 30.2. The van der Waals surface area contributed by atoms with Gasteiger partial charge in [-0.05, 0) is 12.5 Å². The van der Waals surface area contributed by atoms with E-state index < -0.39 is 5.97 Å². The van der Waals surface area contributed by atoms with Crippen LogP contribution in [0.25, 0.3) is 0 Å². The number of aromatic carboxylic acids is 1. The van der Waals surface area contributed by atoms with Crippen molar-refractivity contribution in [2.24, 2.45) is 0 Å². The Balaban J connectivity index is 3.05. The Bertz CT molecular complexity index is 506. The van der Waals surface area contributed by atoms with Gasteiger partial charge in [-0.3, -0.25) is 4.79 Å². The molecule has 0 unspecified atom stereocenters. The second kappa shape index (κ2) is 7.09. The molecule has 0 spiro atoms. The van der Waals surface area contributed by atoms with Crippen LogP contribution in [0, 0.1) is 0 Å². The first kappa shape index (κ1) is 16.2. The van der Waals surface area contributed by atoms with E-state index in [9.17, 15) is 9.59 Å². The molecular weight excluding hydrogens is 282 g/mol. The fourth-order valence-electron chi connectivity index (χ4n) is 1.61. The first-order valence-corrected chi connectivity index (χ1v) is 6.58. The van der Waals surface area contributed by atoms with Crippen molar-refractivity contribution in [3.8, 4) is 0 Å². The van der Waals surface area contributed by atoms with Crippen molar-refractivity contribution >= 4 is 29.3 Å². The van der Waals surface area contributed by atoms with Gasteiger partial charge < -0.3 is 14.9 Å². The summed E-state index contributed by atoms with van der Waals surface area (Å²) < 4.78 is 0. The van der Waals surface area contributed by atoms with Crippen molar-refractivity contribution in [1.29, 1.82) is 0 Å². The molecule has 0 saturated carbocycles. The van der Waals surface area contributed by atoms with Gasteiger partial charge in [0.05, 0.1) is 17.1 Å². The number of aromatic nitrogens is 1. The Morgan fingerprint density at radius 2 is 2.05 bits per heavy atom. The van der Waals surface area contributed by atoms with Gasteiger partial charge in [-0.2, -0.15) is 0 Å². The smallest absolute Gasteiger partial charge is 0.337 e. The van der Waals surface area contributed by atoms with Gasteiger partial charge in [0.2, 0.25) is 5.91 Å². The van der Waals surface area contributed by atoms with Crippen LogP contribution in [0.3, 0.4) is 0 Å². The van der Waals surface area contributed by atoms with E-state index in [2.05, 4.69) is 4.98 Å². The van der Waals surface area contributed by atoms with Crippen LogP contribution in [0.5, 0.6) is 0 Å². The highest BCUT2D eigenvalue weighted by molar-refractivity contribution is 6.33. The lowest BCUT2D eigenvalue weighted by molar-refractivity contribution is -0.127. The van der Waals surface area contributed by atoms with Gasteiger partial charge in [0.15, 0.2) is 0 Å². The number of amides is 1. The fraction of sp³-hybridized carbons (Fsp3) is 0.462. The summed E-state index contributed by atoms with van der Waals surface area (Å²) in [7, 11) is 3.34. The molecule has 0 radical (unpaired) electrons. The Labute approximate surface area is 123 Å². The summed E-state index contributed by atoms with van der Waals surface area (Å²) in [5, 5.41) is 9.15. The molecule has 1 heterocycles. The van der Waals surface area contributed by atoms with Crippen LogP contribution in [-0.4, -0.2) is 54.1 Å². The zero-order valence-electron chi connectivity index (χ0n) is 11.8. The molecule has 7 heteroatoms. The molecule has 0 atom stereocenters. The minimum absolute atomic E-state index is 0.0185. The van der Waals surface area contributed by atoms with Crippen molar-refractivity contribution in [3.63, 3.8) is 0 Å². The highest BCUT2D eigenvalue weighted by Gasteiger charge is 2.17. The number of likely N-dealkylation sites (N-methyl/N-ethyl adjacent to an activating group) is 1. The standard InChI is InChI=1S/C13H18ClN3O3/c1-4-5-17(8-12(18)16(2)3)11-6-9(13(19)20)10(14)7-15-11/h6-7H,4-5,8H2,1-3H3,(H,19,20). The van der Waals surface area contributed by atoms with Crippen molar-refractivity contribution in [2.45, 2.75) is 13.3 Å². The van der Waals surface area contributed by atoms with Crippen molar-refractivity contribution in [2.75, 3.05) is 32.1 Å². The van der Waals surface area contributed by atoms with Crippen molar-refractivity contribution in [3.05, 3.63) is 22.8 Å². The quantitative estimate of drug-likeness (QED) is 0.866. The van der Waals surface area contributed by atoms with Gasteiger partial charge in [-0.25, -0.2) is 9.78 Å². The molecule has 0 fully saturated rings. The molecule has 1 aromatic heterocycles. The normalized spacial score (nSPS) is 10.2. The maximum atomic E-state index is 11.8. The first-order valence-electron chi connectivity index (χ1n) is 6.20. The van der Waals surface area contributed by atoms with E-state index in [0.717, 1.165) is 6.42 Å². The lowest BCUT2D eigenvalue weighted by Gasteiger charge is -2.24. The van der Waals surface area contributed by atoms with Crippen molar-refractivity contribution < 1.29 is 14.7 Å². The predicted molar refractivity (Wildman–Crippen MR) is 77.4 cm³/mol. The average Bonchev–Trinajstić information content (AvgIpc) is 2.38. The van der Waals surface area contributed by atoms with Crippen LogP contribution in [0.2, 0.25) is 5.02 Å². The number of carbonyl (C=O) groups excluding carboxylic acids is 1. The molecule has 0 aromatic carbocycles. The highest BCUT2D eigenvalue weighted by atomic mass is 35.5. The molecular formula is C13H18ClN3O3. The van der Waals surface area contributed by atoms with Crippen LogP contribution >= 0.6 is 11.6 Å². The van der Waals surface area contributed by atoms with E-state index in [-0.39, 0.29) is 23.0 Å². The molecule has 1 aromatic rings. The zero-order chi connectivity index (χ0) is 15.3. The van der Waals surface area contributed by atoms with Crippen LogP contribution in [0.15, 0.2) is 12.3 Å². The Kier molecular flexibility index (Phi) is 5.76. The number of rotatable bonds is 6. The molecule has 1 amide bonds. The van der Waals surface area contributed by atoms with Crippen LogP contribution in [0.4, 0.5) is 5.82 Å². The largest absolute Gasteiger partial charge is 0.478 e. The number of hydrogen-bond acceptors (Lipinski definition) is 4. The summed E-state index contributed by atoms with van der Waals surface area (Å²) >= 11 is 5.79. The maximum absolute atomic E-state index is 11.8. The number of halogens is 1. The van der Waals surface area contributed by atoms with E-state index in [4.69, 9.17) is 16.7 Å². The average molecular weight is 300 g/mol. The summed E-state index contributed by atoms with van der Waals surface area (Å²) in [5.41, 5.74) is -0.0185. The molecule has 0 aliphatic rings. The SMILES string of the molecule is CCCN(CC(=O)N(C)C)c1cc(C(=O)O)c(Cl)cn1. The molecule has 110 valence electrons. The van der Waals surface area contributed by atoms with Crippen LogP contribution < -0.4 is 4.90 Å². The lowest BCUT2D eigenvalue weighted by Crippen LogP contribution is -2.37. The summed E-state index contributed by atoms with van der Waals surface area (Å²) in [6.45, 7) is 2.73. The van der Waals surface area contributed by atoms with Gasteiger partial charge in [0.1, 0.15) is 5.82 Å². The highest BCUT2D eigenvalue weighted by Crippen LogP contribution is 2.20. The molecule has 0 saturated heterocycles. The number of anilines is 1. The Morgan fingerprint density at radius 1 is 1.40 bits per heavy atom. The monoisotopic (exact) mass is 299 g/mol. The third-order valence-corrected chi connectivity index (χ3v) is 3.01. The second-order valence-corrected chi connectivity index (χ2v) is 4.94. The number of carboxylic acid groups (broad SMARTS) is 1. The van der Waals surface area contributed by atoms with Gasteiger partial charge in [0, 0.05) is 26.8 Å². The van der Waals surface area contributed by atoms with E-state index in [1.807, 2.05) is 6.92 Å². The minimum Gasteiger partial charge on any atom is -0.478 e. The molecule has 1 N–H and O–H groups in total. The number of carbonyl (C=O) groups is 2. The molecule has 0 bridgehead atoms. The summed E-state index contributed by atoms with van der Waals surface area (Å²) in [6, 6.07) is 1.39. The van der Waals surface area contributed by atoms with Crippen LogP contribution in [-0.2, 0) is 4.79 Å². The lowest BCUT2D eigenvalue weighted by atomic mass is 10.2. The van der Waals surface area contributed by atoms with E-state index in [1.165, 1.54) is 17.2 Å². The maximum Gasteiger partial charge on any atom is 0.337 e. The molecule has 0 aliphatic heterocycles. The van der Waals surface area contributed by atoms with E-state index >= 15 is 0 Å². The molecule has 6 nitrogen and oxygen atoms in total. The van der Waals surface area contributed by atoms with Gasteiger partial charge in [-0.15, -0.1) is 0 Å².